The first kappa shape index (κ1) is 12.2. The van der Waals surface area contributed by atoms with Crippen LogP contribution in [0.15, 0.2) is 18.5 Å². The molecule has 1 N–H and O–H groups in total. The number of H-pyrrole nitrogens is 1. The first-order valence-electron chi connectivity index (χ1n) is 6.05. The second-order valence-corrected chi connectivity index (χ2v) is 4.98. The van der Waals surface area contributed by atoms with E-state index >= 15 is 0 Å². The second-order valence-electron chi connectivity index (χ2n) is 4.98. The van der Waals surface area contributed by atoms with Gasteiger partial charge >= 0.3 is 5.97 Å². The van der Waals surface area contributed by atoms with Crippen molar-refractivity contribution in [1.82, 2.24) is 9.88 Å². The number of hydrogen-bond acceptors (Lipinski definition) is 3. The number of carbonyl (C=O) groups is 1. The zero-order valence-corrected chi connectivity index (χ0v) is 10.5. The Morgan fingerprint density at radius 3 is 2.88 bits per heavy atom. The van der Waals surface area contributed by atoms with E-state index in [4.69, 9.17) is 4.74 Å². The summed E-state index contributed by atoms with van der Waals surface area (Å²) >= 11 is 0. The third-order valence-electron chi connectivity index (χ3n) is 3.49. The lowest BCUT2D eigenvalue weighted by atomic mass is 10.1. The number of ether oxygens (including phenoxy) is 1. The molecule has 94 valence electrons. The van der Waals surface area contributed by atoms with Crippen molar-refractivity contribution in [2.24, 2.45) is 5.41 Å². The van der Waals surface area contributed by atoms with E-state index in [1.54, 1.807) is 0 Å². The van der Waals surface area contributed by atoms with Crippen LogP contribution in [0, 0.1) is 5.41 Å². The number of aromatic amines is 1. The Morgan fingerprint density at radius 2 is 2.35 bits per heavy atom. The maximum absolute atomic E-state index is 11.6. The smallest absolute Gasteiger partial charge is 0.313 e. The van der Waals surface area contributed by atoms with Gasteiger partial charge in [0.2, 0.25) is 0 Å². The molecule has 0 unspecified atom stereocenters. The summed E-state index contributed by atoms with van der Waals surface area (Å²) < 4.78 is 4.86. The van der Waals surface area contributed by atoms with Crippen LogP contribution in [0.3, 0.4) is 0 Å². The molecule has 2 rings (SSSR count). The predicted octanol–water partition coefficient (Wildman–Crippen LogP) is 1.44. The minimum atomic E-state index is -0.207. The van der Waals surface area contributed by atoms with E-state index in [1.165, 1.54) is 12.7 Å². The summed E-state index contributed by atoms with van der Waals surface area (Å²) in [5.41, 5.74) is 1.10. The highest BCUT2D eigenvalue weighted by Gasteiger charge is 2.51. The Labute approximate surface area is 102 Å². The molecule has 0 amide bonds. The van der Waals surface area contributed by atoms with Crippen LogP contribution in [-0.4, -0.2) is 43.1 Å². The van der Waals surface area contributed by atoms with Crippen molar-refractivity contribution < 1.29 is 9.53 Å². The van der Waals surface area contributed by atoms with Gasteiger partial charge < -0.3 is 14.6 Å². The Morgan fingerprint density at radius 1 is 1.59 bits per heavy atom. The molecule has 0 aliphatic heterocycles. The number of rotatable bonds is 6. The van der Waals surface area contributed by atoms with E-state index in [0.29, 0.717) is 0 Å². The van der Waals surface area contributed by atoms with Crippen LogP contribution in [0.5, 0.6) is 0 Å². The fourth-order valence-corrected chi connectivity index (χ4v) is 2.22. The number of nitrogens with zero attached hydrogens (tertiary/aromatic N) is 1. The highest BCUT2D eigenvalue weighted by atomic mass is 16.5. The number of likely N-dealkylation sites (N-methyl/N-ethyl adjacent to an activating group) is 1. The highest BCUT2D eigenvalue weighted by molar-refractivity contribution is 5.80. The van der Waals surface area contributed by atoms with Crippen molar-refractivity contribution in [2.45, 2.75) is 19.3 Å². The minimum Gasteiger partial charge on any atom is -0.469 e. The number of carbonyl (C=O) groups excluding carboxylic acids is 1. The van der Waals surface area contributed by atoms with Gasteiger partial charge in [0, 0.05) is 25.5 Å². The van der Waals surface area contributed by atoms with Crippen LogP contribution >= 0.6 is 0 Å². The van der Waals surface area contributed by atoms with E-state index < -0.39 is 0 Å². The van der Waals surface area contributed by atoms with Gasteiger partial charge in [-0.05, 0) is 37.9 Å². The third-order valence-corrected chi connectivity index (χ3v) is 3.49. The molecule has 1 saturated carbocycles. The molecule has 1 aromatic heterocycles. The topological polar surface area (TPSA) is 45.3 Å². The van der Waals surface area contributed by atoms with Crippen molar-refractivity contribution in [3.63, 3.8) is 0 Å². The molecule has 17 heavy (non-hydrogen) atoms. The van der Waals surface area contributed by atoms with Gasteiger partial charge in [-0.25, -0.2) is 0 Å². The van der Waals surface area contributed by atoms with Crippen molar-refractivity contribution in [3.05, 3.63) is 24.0 Å². The molecule has 0 aromatic carbocycles. The second kappa shape index (κ2) is 4.92. The molecule has 1 heterocycles. The van der Waals surface area contributed by atoms with Crippen molar-refractivity contribution >= 4 is 5.97 Å². The van der Waals surface area contributed by atoms with Gasteiger partial charge in [-0.1, -0.05) is 0 Å². The minimum absolute atomic E-state index is 0.0500. The molecular formula is C13H20N2O2. The quantitative estimate of drug-likeness (QED) is 0.760. The van der Waals surface area contributed by atoms with E-state index in [0.717, 1.165) is 32.4 Å². The molecule has 1 aliphatic carbocycles. The number of hydrogen-bond donors (Lipinski definition) is 1. The summed E-state index contributed by atoms with van der Waals surface area (Å²) in [5, 5.41) is 0. The van der Waals surface area contributed by atoms with E-state index in [9.17, 15) is 4.79 Å². The summed E-state index contributed by atoms with van der Waals surface area (Å²) in [6.45, 7) is 1.78. The lowest BCUT2D eigenvalue weighted by molar-refractivity contribution is -0.147. The summed E-state index contributed by atoms with van der Waals surface area (Å²) in [4.78, 5) is 16.9. The Hall–Kier alpha value is -1.29. The molecule has 0 saturated heterocycles. The van der Waals surface area contributed by atoms with Gasteiger partial charge in [0.15, 0.2) is 0 Å². The molecule has 1 aliphatic rings. The van der Waals surface area contributed by atoms with Gasteiger partial charge in [0.25, 0.3) is 0 Å². The van der Waals surface area contributed by atoms with Gasteiger partial charge in [0.05, 0.1) is 12.5 Å². The SMILES string of the molecule is COC(=O)C1(CN(C)CCc2cc[nH]c2)CC1. The molecule has 1 aromatic rings. The number of esters is 1. The fourth-order valence-electron chi connectivity index (χ4n) is 2.22. The van der Waals surface area contributed by atoms with Crippen LogP contribution in [0.2, 0.25) is 0 Å². The van der Waals surface area contributed by atoms with Crippen LogP contribution in [0.4, 0.5) is 0 Å². The molecule has 0 spiro atoms. The Bertz CT molecular complexity index is 369. The molecule has 0 bridgehead atoms. The lowest BCUT2D eigenvalue weighted by Crippen LogP contribution is -2.33. The fraction of sp³-hybridized carbons (Fsp3) is 0.615. The molecular weight excluding hydrogens is 216 g/mol. The number of nitrogens with one attached hydrogen (secondary N) is 1. The van der Waals surface area contributed by atoms with Crippen LogP contribution in [0.1, 0.15) is 18.4 Å². The molecule has 0 radical (unpaired) electrons. The monoisotopic (exact) mass is 236 g/mol. The normalized spacial score (nSPS) is 17.1. The number of methoxy groups -OCH3 is 1. The molecule has 1 fully saturated rings. The summed E-state index contributed by atoms with van der Waals surface area (Å²) in [6, 6.07) is 2.08. The molecule has 0 atom stereocenters. The van der Waals surface area contributed by atoms with Gasteiger partial charge in [-0.2, -0.15) is 0 Å². The Kier molecular flexibility index (Phi) is 3.52. The first-order chi connectivity index (χ1) is 8.16. The largest absolute Gasteiger partial charge is 0.469 e. The van der Waals surface area contributed by atoms with Crippen molar-refractivity contribution in [2.75, 3.05) is 27.2 Å². The standard InChI is InChI=1S/C13H20N2O2/c1-15(8-4-11-3-7-14-9-11)10-13(5-6-13)12(16)17-2/h3,7,9,14H,4-6,8,10H2,1-2H3. The van der Waals surface area contributed by atoms with E-state index in [1.807, 2.05) is 12.4 Å². The summed E-state index contributed by atoms with van der Waals surface area (Å²) in [7, 11) is 3.54. The number of aromatic nitrogens is 1. The van der Waals surface area contributed by atoms with Crippen molar-refractivity contribution in [3.8, 4) is 0 Å². The first-order valence-corrected chi connectivity index (χ1v) is 6.05. The summed E-state index contributed by atoms with van der Waals surface area (Å²) in [5.74, 6) is -0.0500. The van der Waals surface area contributed by atoms with Gasteiger partial charge in [-0.3, -0.25) is 4.79 Å². The maximum atomic E-state index is 11.6. The van der Waals surface area contributed by atoms with Gasteiger partial charge in [-0.15, -0.1) is 0 Å². The lowest BCUT2D eigenvalue weighted by Gasteiger charge is -2.21. The van der Waals surface area contributed by atoms with Crippen LogP contribution in [0.25, 0.3) is 0 Å². The summed E-state index contributed by atoms with van der Waals surface area (Å²) in [6.07, 6.45) is 6.90. The molecule has 4 heteroatoms. The van der Waals surface area contributed by atoms with Gasteiger partial charge in [0.1, 0.15) is 0 Å². The highest BCUT2D eigenvalue weighted by Crippen LogP contribution is 2.47. The van der Waals surface area contributed by atoms with E-state index in [-0.39, 0.29) is 11.4 Å². The zero-order chi connectivity index (χ0) is 12.3. The van der Waals surface area contributed by atoms with Crippen LogP contribution in [-0.2, 0) is 16.0 Å². The third kappa shape index (κ3) is 2.88. The molecule has 4 nitrogen and oxygen atoms in total. The average Bonchev–Trinajstić information content (AvgIpc) is 2.92. The maximum Gasteiger partial charge on any atom is 0.313 e. The van der Waals surface area contributed by atoms with Crippen molar-refractivity contribution in [1.29, 1.82) is 0 Å². The van der Waals surface area contributed by atoms with E-state index in [2.05, 4.69) is 23.0 Å². The average molecular weight is 236 g/mol. The zero-order valence-electron chi connectivity index (χ0n) is 10.5. The Balaban J connectivity index is 1.78. The predicted molar refractivity (Wildman–Crippen MR) is 65.7 cm³/mol. The van der Waals surface area contributed by atoms with Crippen LogP contribution < -0.4 is 0 Å².